The molecular formula is C10H12BrF2N. The third-order valence-corrected chi connectivity index (χ3v) is 2.63. The first-order chi connectivity index (χ1) is 6.57. The topological polar surface area (TPSA) is 12.0 Å². The van der Waals surface area contributed by atoms with E-state index in [1.165, 1.54) is 6.07 Å². The van der Waals surface area contributed by atoms with Crippen LogP contribution in [0.25, 0.3) is 0 Å². The van der Waals surface area contributed by atoms with Gasteiger partial charge in [-0.05, 0) is 54.5 Å². The third kappa shape index (κ3) is 2.30. The van der Waals surface area contributed by atoms with E-state index in [0.717, 1.165) is 0 Å². The number of hydrogen-bond acceptors (Lipinski definition) is 1. The summed E-state index contributed by atoms with van der Waals surface area (Å²) >= 11 is 3.06. The summed E-state index contributed by atoms with van der Waals surface area (Å²) in [6.45, 7) is 2.19. The van der Waals surface area contributed by atoms with Crippen LogP contribution < -0.4 is 5.32 Å². The Morgan fingerprint density at radius 2 is 2.00 bits per heavy atom. The Morgan fingerprint density at radius 3 is 2.57 bits per heavy atom. The van der Waals surface area contributed by atoms with Gasteiger partial charge in [0.2, 0.25) is 0 Å². The molecule has 0 aromatic heterocycles. The van der Waals surface area contributed by atoms with Gasteiger partial charge in [0, 0.05) is 5.56 Å². The molecule has 0 spiro atoms. The molecule has 0 fully saturated rings. The first kappa shape index (κ1) is 11.6. The van der Waals surface area contributed by atoms with Crippen molar-refractivity contribution in [3.05, 3.63) is 33.3 Å². The first-order valence-electron chi connectivity index (χ1n) is 4.35. The van der Waals surface area contributed by atoms with Crippen molar-refractivity contribution in [3.63, 3.8) is 0 Å². The highest BCUT2D eigenvalue weighted by molar-refractivity contribution is 9.10. The zero-order chi connectivity index (χ0) is 10.7. The first-order valence-corrected chi connectivity index (χ1v) is 5.14. The lowest BCUT2D eigenvalue weighted by atomic mass is 10.1. The van der Waals surface area contributed by atoms with Crippen LogP contribution in [0, 0.1) is 18.6 Å². The van der Waals surface area contributed by atoms with Crippen LogP contribution in [0.1, 0.15) is 11.1 Å². The molecule has 0 bridgehead atoms. The molecule has 14 heavy (non-hydrogen) atoms. The van der Waals surface area contributed by atoms with E-state index in [4.69, 9.17) is 0 Å². The standard InChI is InChI=1S/C10H12BrF2N/c1-6-5-8(11)10(13)7(9(6)12)3-4-14-2/h5,14H,3-4H2,1-2H3. The summed E-state index contributed by atoms with van der Waals surface area (Å²) in [7, 11) is 1.75. The monoisotopic (exact) mass is 263 g/mol. The van der Waals surface area contributed by atoms with E-state index in [0.29, 0.717) is 23.0 Å². The fraction of sp³-hybridized carbons (Fsp3) is 0.400. The van der Waals surface area contributed by atoms with Crippen LogP contribution >= 0.6 is 15.9 Å². The molecule has 78 valence electrons. The van der Waals surface area contributed by atoms with Crippen molar-refractivity contribution in [2.45, 2.75) is 13.3 Å². The van der Waals surface area contributed by atoms with E-state index < -0.39 is 11.6 Å². The van der Waals surface area contributed by atoms with E-state index in [2.05, 4.69) is 21.2 Å². The highest BCUT2D eigenvalue weighted by Gasteiger charge is 2.14. The van der Waals surface area contributed by atoms with Crippen molar-refractivity contribution in [3.8, 4) is 0 Å². The molecule has 0 saturated carbocycles. The highest BCUT2D eigenvalue weighted by atomic mass is 79.9. The van der Waals surface area contributed by atoms with Crippen molar-refractivity contribution in [2.24, 2.45) is 0 Å². The lowest BCUT2D eigenvalue weighted by molar-refractivity contribution is 0.542. The molecule has 1 nitrogen and oxygen atoms in total. The predicted octanol–water partition coefficient (Wildman–Crippen LogP) is 2.80. The number of nitrogens with one attached hydrogen (secondary N) is 1. The zero-order valence-corrected chi connectivity index (χ0v) is 9.71. The number of aryl methyl sites for hydroxylation is 1. The molecule has 0 amide bonds. The zero-order valence-electron chi connectivity index (χ0n) is 8.13. The predicted molar refractivity (Wildman–Crippen MR) is 56.4 cm³/mol. The molecule has 0 aliphatic rings. The largest absolute Gasteiger partial charge is 0.319 e. The van der Waals surface area contributed by atoms with Crippen LogP contribution in [0.4, 0.5) is 8.78 Å². The van der Waals surface area contributed by atoms with Crippen LogP contribution in [0.15, 0.2) is 10.5 Å². The fourth-order valence-corrected chi connectivity index (χ4v) is 1.85. The van der Waals surface area contributed by atoms with Crippen LogP contribution in [-0.4, -0.2) is 13.6 Å². The normalized spacial score (nSPS) is 10.6. The summed E-state index contributed by atoms with van der Waals surface area (Å²) in [5.74, 6) is -0.940. The summed E-state index contributed by atoms with van der Waals surface area (Å²) in [6, 6.07) is 1.45. The number of hydrogen-bond donors (Lipinski definition) is 1. The fourth-order valence-electron chi connectivity index (χ4n) is 1.26. The molecular weight excluding hydrogens is 252 g/mol. The maximum absolute atomic E-state index is 13.5. The average molecular weight is 264 g/mol. The molecule has 1 rings (SSSR count). The lowest BCUT2D eigenvalue weighted by Gasteiger charge is -2.08. The third-order valence-electron chi connectivity index (χ3n) is 2.05. The Morgan fingerprint density at radius 1 is 1.36 bits per heavy atom. The van der Waals surface area contributed by atoms with Crippen LogP contribution in [0.3, 0.4) is 0 Å². The van der Waals surface area contributed by atoms with Crippen molar-refractivity contribution < 1.29 is 8.78 Å². The van der Waals surface area contributed by atoms with Crippen LogP contribution in [0.5, 0.6) is 0 Å². The minimum atomic E-state index is -0.497. The molecule has 0 radical (unpaired) electrons. The van der Waals surface area contributed by atoms with Crippen molar-refractivity contribution >= 4 is 15.9 Å². The summed E-state index contributed by atoms with van der Waals surface area (Å²) in [4.78, 5) is 0. The Balaban J connectivity index is 3.11. The highest BCUT2D eigenvalue weighted by Crippen LogP contribution is 2.24. The van der Waals surface area contributed by atoms with Crippen molar-refractivity contribution in [1.29, 1.82) is 0 Å². The minimum absolute atomic E-state index is 0.145. The van der Waals surface area contributed by atoms with E-state index in [9.17, 15) is 8.78 Å². The molecule has 1 aromatic rings. The molecule has 0 aliphatic heterocycles. The second kappa shape index (κ2) is 4.84. The maximum atomic E-state index is 13.5. The van der Waals surface area contributed by atoms with Crippen molar-refractivity contribution in [2.75, 3.05) is 13.6 Å². The SMILES string of the molecule is CNCCc1c(F)c(C)cc(Br)c1F. The molecule has 1 N–H and O–H groups in total. The molecule has 0 saturated heterocycles. The van der Waals surface area contributed by atoms with Gasteiger partial charge >= 0.3 is 0 Å². The number of rotatable bonds is 3. The Hall–Kier alpha value is -0.480. The van der Waals surface area contributed by atoms with Gasteiger partial charge in [-0.1, -0.05) is 0 Å². The molecule has 0 heterocycles. The van der Waals surface area contributed by atoms with E-state index >= 15 is 0 Å². The summed E-state index contributed by atoms with van der Waals surface area (Å²) in [5.41, 5.74) is 0.607. The van der Waals surface area contributed by atoms with Crippen LogP contribution in [-0.2, 0) is 6.42 Å². The van der Waals surface area contributed by atoms with Gasteiger partial charge in [0.1, 0.15) is 11.6 Å². The average Bonchev–Trinajstić information content (AvgIpc) is 2.15. The second-order valence-corrected chi connectivity index (χ2v) is 3.99. The smallest absolute Gasteiger partial charge is 0.143 e. The van der Waals surface area contributed by atoms with Gasteiger partial charge in [-0.15, -0.1) is 0 Å². The number of likely N-dealkylation sites (N-methyl/N-ethyl adjacent to an activating group) is 1. The quantitative estimate of drug-likeness (QED) is 0.828. The summed E-state index contributed by atoms with van der Waals surface area (Å²) < 4.78 is 27.3. The minimum Gasteiger partial charge on any atom is -0.319 e. The Labute approximate surface area is 90.6 Å². The Kier molecular flexibility index (Phi) is 4.01. The van der Waals surface area contributed by atoms with Crippen LogP contribution in [0.2, 0.25) is 0 Å². The number of benzene rings is 1. The number of halogens is 3. The summed E-state index contributed by atoms with van der Waals surface area (Å²) in [5, 5.41) is 2.86. The van der Waals surface area contributed by atoms with E-state index in [1.54, 1.807) is 14.0 Å². The van der Waals surface area contributed by atoms with Gasteiger partial charge in [-0.25, -0.2) is 8.78 Å². The van der Waals surface area contributed by atoms with Crippen molar-refractivity contribution in [1.82, 2.24) is 5.32 Å². The van der Waals surface area contributed by atoms with Gasteiger partial charge in [-0.3, -0.25) is 0 Å². The van der Waals surface area contributed by atoms with E-state index in [-0.39, 0.29) is 5.56 Å². The van der Waals surface area contributed by atoms with Gasteiger partial charge in [0.05, 0.1) is 4.47 Å². The second-order valence-electron chi connectivity index (χ2n) is 3.14. The molecule has 4 heteroatoms. The molecule has 0 atom stereocenters. The summed E-state index contributed by atoms with van der Waals surface area (Å²) in [6.07, 6.45) is 0.356. The maximum Gasteiger partial charge on any atom is 0.143 e. The van der Waals surface area contributed by atoms with E-state index in [1.807, 2.05) is 0 Å². The molecule has 0 aliphatic carbocycles. The van der Waals surface area contributed by atoms with Gasteiger partial charge in [0.25, 0.3) is 0 Å². The molecule has 1 aromatic carbocycles. The lowest BCUT2D eigenvalue weighted by Crippen LogP contribution is -2.13. The van der Waals surface area contributed by atoms with Gasteiger partial charge in [-0.2, -0.15) is 0 Å². The van der Waals surface area contributed by atoms with Gasteiger partial charge in [0.15, 0.2) is 0 Å². The Bertz CT molecular complexity index is 313. The van der Waals surface area contributed by atoms with Gasteiger partial charge < -0.3 is 5.32 Å². The molecule has 0 unspecified atom stereocenters.